The number of likely N-dealkylation sites (N-methyl/N-ethyl adjacent to an activating group) is 1. The number of nitrogens with one attached hydrogen (secondary N) is 2. The predicted octanol–water partition coefficient (Wildman–Crippen LogP) is 1.77. The normalized spacial score (nSPS) is 18.4. The molecule has 1 fully saturated rings. The van der Waals surface area contributed by atoms with E-state index in [1.165, 1.54) is 18.2 Å². The van der Waals surface area contributed by atoms with Gasteiger partial charge in [0.15, 0.2) is 5.43 Å². The van der Waals surface area contributed by atoms with Crippen molar-refractivity contribution in [3.63, 3.8) is 0 Å². The molecule has 1 aliphatic rings. The molecule has 0 spiro atoms. The third kappa shape index (κ3) is 3.12. The molecule has 0 radical (unpaired) electrons. The van der Waals surface area contributed by atoms with Crippen molar-refractivity contribution < 1.29 is 9.18 Å². The van der Waals surface area contributed by atoms with Crippen LogP contribution in [0.4, 0.5) is 4.39 Å². The number of pyridine rings is 1. The monoisotopic (exact) mass is 317 g/mol. The van der Waals surface area contributed by atoms with Crippen LogP contribution in [0.15, 0.2) is 29.1 Å². The van der Waals surface area contributed by atoms with E-state index >= 15 is 0 Å². The van der Waals surface area contributed by atoms with Crippen molar-refractivity contribution in [3.05, 3.63) is 46.0 Å². The molecule has 3 rings (SSSR count). The van der Waals surface area contributed by atoms with E-state index in [1.807, 2.05) is 11.8 Å². The summed E-state index contributed by atoms with van der Waals surface area (Å²) in [7, 11) is 0. The summed E-state index contributed by atoms with van der Waals surface area (Å²) >= 11 is 0. The summed E-state index contributed by atoms with van der Waals surface area (Å²) in [6.45, 7) is 3.71. The average Bonchev–Trinajstić information content (AvgIpc) is 2.97. The van der Waals surface area contributed by atoms with Crippen molar-refractivity contribution in [1.29, 1.82) is 0 Å². The number of fused-ring (bicyclic) bond motifs is 1. The number of benzene rings is 1. The Labute approximate surface area is 133 Å². The van der Waals surface area contributed by atoms with Gasteiger partial charge in [0, 0.05) is 30.2 Å². The van der Waals surface area contributed by atoms with Crippen LogP contribution < -0.4 is 10.7 Å². The third-order valence-electron chi connectivity index (χ3n) is 4.26. The highest BCUT2D eigenvalue weighted by Gasteiger charge is 2.30. The van der Waals surface area contributed by atoms with Crippen LogP contribution in [0.2, 0.25) is 0 Å². The van der Waals surface area contributed by atoms with Gasteiger partial charge in [-0.2, -0.15) is 0 Å². The highest BCUT2D eigenvalue weighted by atomic mass is 19.1. The Hall–Kier alpha value is -2.21. The summed E-state index contributed by atoms with van der Waals surface area (Å²) < 4.78 is 13.9. The molecule has 2 N–H and O–H groups in total. The number of carbonyl (C=O) groups is 1. The first-order valence-electron chi connectivity index (χ1n) is 7.92. The number of likely N-dealkylation sites (tertiary alicyclic amines) is 1. The lowest BCUT2D eigenvalue weighted by molar-refractivity contribution is -0.125. The molecule has 6 heteroatoms. The van der Waals surface area contributed by atoms with Crippen LogP contribution in [-0.4, -0.2) is 34.9 Å². The minimum atomic E-state index is -0.442. The van der Waals surface area contributed by atoms with E-state index in [1.54, 1.807) is 6.07 Å². The van der Waals surface area contributed by atoms with E-state index in [9.17, 15) is 14.0 Å². The lowest BCUT2D eigenvalue weighted by Gasteiger charge is -2.23. The Morgan fingerprint density at radius 3 is 3.09 bits per heavy atom. The molecule has 2 heterocycles. The molecule has 1 aromatic heterocycles. The second-order valence-corrected chi connectivity index (χ2v) is 5.84. The lowest BCUT2D eigenvalue weighted by atomic mass is 10.1. The van der Waals surface area contributed by atoms with Crippen LogP contribution in [-0.2, 0) is 11.3 Å². The third-order valence-corrected chi connectivity index (χ3v) is 4.26. The van der Waals surface area contributed by atoms with Gasteiger partial charge in [0.25, 0.3) is 0 Å². The summed E-state index contributed by atoms with van der Waals surface area (Å²) in [6, 6.07) is 5.77. The van der Waals surface area contributed by atoms with E-state index < -0.39 is 5.82 Å². The molecular weight excluding hydrogens is 297 g/mol. The van der Waals surface area contributed by atoms with Crippen molar-refractivity contribution in [2.24, 2.45) is 0 Å². The molecule has 0 saturated carbocycles. The number of aromatic amines is 1. The number of carbonyl (C=O) groups excluding carboxylic acids is 1. The molecule has 1 amide bonds. The number of aromatic nitrogens is 1. The van der Waals surface area contributed by atoms with Gasteiger partial charge >= 0.3 is 0 Å². The van der Waals surface area contributed by atoms with E-state index in [2.05, 4.69) is 10.3 Å². The van der Waals surface area contributed by atoms with Crippen LogP contribution in [0.5, 0.6) is 0 Å². The van der Waals surface area contributed by atoms with Crippen molar-refractivity contribution in [1.82, 2.24) is 15.2 Å². The van der Waals surface area contributed by atoms with Crippen LogP contribution in [0.3, 0.4) is 0 Å². The first-order chi connectivity index (χ1) is 11.1. The molecule has 122 valence electrons. The Balaban J connectivity index is 1.88. The molecule has 23 heavy (non-hydrogen) atoms. The van der Waals surface area contributed by atoms with Gasteiger partial charge in [-0.05, 0) is 38.4 Å². The maximum Gasteiger partial charge on any atom is 0.237 e. The quantitative estimate of drug-likeness (QED) is 0.903. The van der Waals surface area contributed by atoms with Crippen LogP contribution in [0, 0.1) is 5.82 Å². The first kappa shape index (κ1) is 15.7. The zero-order chi connectivity index (χ0) is 16.4. The van der Waals surface area contributed by atoms with Crippen LogP contribution >= 0.6 is 0 Å². The lowest BCUT2D eigenvalue weighted by Crippen LogP contribution is -2.43. The number of hydrogen-bond donors (Lipinski definition) is 2. The van der Waals surface area contributed by atoms with Crippen molar-refractivity contribution >= 4 is 16.8 Å². The summed E-state index contributed by atoms with van der Waals surface area (Å²) in [5.74, 6) is -0.428. The molecule has 1 aromatic carbocycles. The Kier molecular flexibility index (Phi) is 4.43. The van der Waals surface area contributed by atoms with E-state index in [4.69, 9.17) is 0 Å². The minimum absolute atomic E-state index is 0.0133. The first-order valence-corrected chi connectivity index (χ1v) is 7.92. The van der Waals surface area contributed by atoms with Crippen molar-refractivity contribution in [3.8, 4) is 0 Å². The number of hydrogen-bond acceptors (Lipinski definition) is 3. The number of halogens is 1. The molecule has 1 saturated heterocycles. The summed E-state index contributed by atoms with van der Waals surface area (Å²) in [6.07, 6.45) is 1.74. The van der Waals surface area contributed by atoms with Crippen molar-refractivity contribution in [2.75, 3.05) is 13.1 Å². The van der Waals surface area contributed by atoms with E-state index in [0.29, 0.717) is 24.2 Å². The van der Waals surface area contributed by atoms with Gasteiger partial charge in [0.1, 0.15) is 5.82 Å². The molecule has 1 aliphatic heterocycles. The average molecular weight is 317 g/mol. The fourth-order valence-electron chi connectivity index (χ4n) is 3.20. The van der Waals surface area contributed by atoms with E-state index in [0.717, 1.165) is 19.4 Å². The zero-order valence-corrected chi connectivity index (χ0v) is 13.1. The van der Waals surface area contributed by atoms with Crippen molar-refractivity contribution in [2.45, 2.75) is 32.4 Å². The molecule has 0 aliphatic carbocycles. The molecular formula is C17H20FN3O2. The van der Waals surface area contributed by atoms with Gasteiger partial charge in [-0.1, -0.05) is 6.07 Å². The smallest absolute Gasteiger partial charge is 0.237 e. The largest absolute Gasteiger partial charge is 0.355 e. The SMILES string of the molecule is CCNC(=O)[C@@H]1CCCN1Cc1cc(=O)c2cccc(F)c2[nH]1. The number of nitrogens with zero attached hydrogens (tertiary/aromatic N) is 1. The van der Waals surface area contributed by atoms with Gasteiger partial charge < -0.3 is 10.3 Å². The Bertz CT molecular complexity index is 787. The Morgan fingerprint density at radius 2 is 2.30 bits per heavy atom. The fourth-order valence-corrected chi connectivity index (χ4v) is 3.20. The fraction of sp³-hybridized carbons (Fsp3) is 0.412. The number of H-pyrrole nitrogens is 1. The van der Waals surface area contributed by atoms with Gasteiger partial charge in [-0.25, -0.2) is 4.39 Å². The van der Waals surface area contributed by atoms with Gasteiger partial charge in [0.2, 0.25) is 5.91 Å². The second kappa shape index (κ2) is 6.50. The van der Waals surface area contributed by atoms with Crippen LogP contribution in [0.25, 0.3) is 10.9 Å². The number of rotatable bonds is 4. The number of para-hydroxylation sites is 1. The highest BCUT2D eigenvalue weighted by molar-refractivity contribution is 5.82. The molecule has 0 unspecified atom stereocenters. The minimum Gasteiger partial charge on any atom is -0.355 e. The number of amides is 1. The Morgan fingerprint density at radius 1 is 1.48 bits per heavy atom. The molecule has 5 nitrogen and oxygen atoms in total. The molecule has 1 atom stereocenters. The maximum absolute atomic E-state index is 13.9. The second-order valence-electron chi connectivity index (χ2n) is 5.84. The zero-order valence-electron chi connectivity index (χ0n) is 13.1. The van der Waals surface area contributed by atoms with E-state index in [-0.39, 0.29) is 22.9 Å². The maximum atomic E-state index is 13.9. The van der Waals surface area contributed by atoms with Gasteiger partial charge in [-0.15, -0.1) is 0 Å². The molecule has 2 aromatic rings. The summed E-state index contributed by atoms with van der Waals surface area (Å²) in [4.78, 5) is 29.3. The van der Waals surface area contributed by atoms with Crippen LogP contribution in [0.1, 0.15) is 25.5 Å². The molecule has 0 bridgehead atoms. The highest BCUT2D eigenvalue weighted by Crippen LogP contribution is 2.20. The topological polar surface area (TPSA) is 65.2 Å². The van der Waals surface area contributed by atoms with Gasteiger partial charge in [-0.3, -0.25) is 14.5 Å². The standard InChI is InChI=1S/C17H20FN3O2/c1-2-19-17(23)14-7-4-8-21(14)10-11-9-15(22)12-5-3-6-13(18)16(12)20-11/h3,5-6,9,14H,2,4,7-8,10H2,1H3,(H,19,23)(H,20,22)/t14-/m0/s1. The van der Waals surface area contributed by atoms with Gasteiger partial charge in [0.05, 0.1) is 11.6 Å². The summed E-state index contributed by atoms with van der Waals surface area (Å²) in [5.41, 5.74) is 0.648. The predicted molar refractivity (Wildman–Crippen MR) is 86.6 cm³/mol. The summed E-state index contributed by atoms with van der Waals surface area (Å²) in [5, 5.41) is 3.18.